The number of fused-ring (bicyclic) bond motifs is 1. The highest BCUT2D eigenvalue weighted by atomic mass is 32.2. The number of aromatic nitrogens is 1. The number of rotatable bonds is 4. The van der Waals surface area contributed by atoms with E-state index in [1.807, 2.05) is 0 Å². The first-order valence-electron chi connectivity index (χ1n) is 6.01. The van der Waals surface area contributed by atoms with Gasteiger partial charge in [-0.1, -0.05) is 13.8 Å². The molecule has 0 aliphatic rings. The van der Waals surface area contributed by atoms with Crippen LogP contribution in [0.4, 0.5) is 0 Å². The minimum atomic E-state index is -3.53. The van der Waals surface area contributed by atoms with E-state index in [0.717, 1.165) is 0 Å². The van der Waals surface area contributed by atoms with Gasteiger partial charge in [0.1, 0.15) is 0 Å². The molecule has 0 amide bonds. The Morgan fingerprint density at radius 3 is 2.47 bits per heavy atom. The molecule has 0 aliphatic carbocycles. The van der Waals surface area contributed by atoms with Crippen molar-refractivity contribution in [2.75, 3.05) is 13.1 Å². The number of hydrogen-bond donors (Lipinski definition) is 0. The van der Waals surface area contributed by atoms with Crippen LogP contribution in [-0.2, 0) is 17.1 Å². The zero-order chi connectivity index (χ0) is 14.2. The molecule has 2 rings (SSSR count). The maximum absolute atomic E-state index is 12.3. The van der Waals surface area contributed by atoms with Crippen LogP contribution in [-0.4, -0.2) is 30.4 Å². The van der Waals surface area contributed by atoms with Crippen molar-refractivity contribution in [2.24, 2.45) is 7.05 Å². The van der Waals surface area contributed by atoms with E-state index in [4.69, 9.17) is 4.42 Å². The molecule has 1 heterocycles. The Bertz CT molecular complexity index is 754. The first-order chi connectivity index (χ1) is 8.91. The third-order valence-electron chi connectivity index (χ3n) is 3.11. The van der Waals surface area contributed by atoms with Crippen LogP contribution in [0, 0.1) is 0 Å². The molecule has 0 unspecified atom stereocenters. The molecule has 19 heavy (non-hydrogen) atoms. The van der Waals surface area contributed by atoms with Gasteiger partial charge in [-0.15, -0.1) is 0 Å². The summed E-state index contributed by atoms with van der Waals surface area (Å²) in [6, 6.07) is 4.46. The van der Waals surface area contributed by atoms with Gasteiger partial charge in [-0.2, -0.15) is 4.31 Å². The van der Waals surface area contributed by atoms with Crippen LogP contribution in [0.15, 0.2) is 32.3 Å². The fourth-order valence-electron chi connectivity index (χ4n) is 1.99. The fourth-order valence-corrected chi connectivity index (χ4v) is 3.46. The summed E-state index contributed by atoms with van der Waals surface area (Å²) < 4.78 is 32.4. The summed E-state index contributed by atoms with van der Waals surface area (Å²) in [7, 11) is -1.96. The molecule has 0 aliphatic heterocycles. The number of aryl methyl sites for hydroxylation is 1. The molecule has 0 saturated carbocycles. The summed E-state index contributed by atoms with van der Waals surface area (Å²) in [5.41, 5.74) is 0.851. The second kappa shape index (κ2) is 4.82. The van der Waals surface area contributed by atoms with Gasteiger partial charge in [0.25, 0.3) is 0 Å². The number of nitrogens with zero attached hydrogens (tertiary/aromatic N) is 2. The molecule has 0 fully saturated rings. The second-order valence-electron chi connectivity index (χ2n) is 4.15. The van der Waals surface area contributed by atoms with Crippen LogP contribution in [0.3, 0.4) is 0 Å². The van der Waals surface area contributed by atoms with E-state index >= 15 is 0 Å². The van der Waals surface area contributed by atoms with E-state index in [-0.39, 0.29) is 10.5 Å². The Morgan fingerprint density at radius 2 is 1.89 bits per heavy atom. The average molecular weight is 284 g/mol. The van der Waals surface area contributed by atoms with E-state index in [1.54, 1.807) is 27.0 Å². The lowest BCUT2D eigenvalue weighted by Crippen LogP contribution is -2.30. The van der Waals surface area contributed by atoms with Crippen molar-refractivity contribution in [3.05, 3.63) is 28.7 Å². The summed E-state index contributed by atoms with van der Waals surface area (Å²) in [5, 5.41) is 0. The number of oxazole rings is 1. The molecule has 0 radical (unpaired) electrons. The maximum atomic E-state index is 12.3. The molecule has 104 valence electrons. The standard InChI is InChI=1S/C12H16N2O4S/c1-4-14(5-2)19(16,17)9-6-7-10-11(8-9)18-12(15)13(10)3/h6-8H,4-5H2,1-3H3. The van der Waals surface area contributed by atoms with Crippen molar-refractivity contribution in [1.29, 1.82) is 0 Å². The predicted octanol–water partition coefficient (Wildman–Crippen LogP) is 1.16. The van der Waals surface area contributed by atoms with Gasteiger partial charge in [0.2, 0.25) is 10.0 Å². The fraction of sp³-hybridized carbons (Fsp3) is 0.417. The Balaban J connectivity index is 2.61. The molecular formula is C12H16N2O4S. The largest absolute Gasteiger partial charge is 0.419 e. The summed E-state index contributed by atoms with van der Waals surface area (Å²) in [5.74, 6) is -0.507. The van der Waals surface area contributed by atoms with Crippen molar-refractivity contribution in [2.45, 2.75) is 18.7 Å². The molecule has 6 nitrogen and oxygen atoms in total. The Labute approximate surface area is 111 Å². The number of benzene rings is 1. The minimum absolute atomic E-state index is 0.137. The van der Waals surface area contributed by atoms with E-state index in [0.29, 0.717) is 18.6 Å². The molecule has 1 aromatic heterocycles. The van der Waals surface area contributed by atoms with Gasteiger partial charge < -0.3 is 4.42 Å². The smallest absolute Gasteiger partial charge is 0.408 e. The summed E-state index contributed by atoms with van der Waals surface area (Å²) >= 11 is 0. The summed E-state index contributed by atoms with van der Waals surface area (Å²) in [6.07, 6.45) is 0. The van der Waals surface area contributed by atoms with Crippen molar-refractivity contribution in [1.82, 2.24) is 8.87 Å². The minimum Gasteiger partial charge on any atom is -0.408 e. The lowest BCUT2D eigenvalue weighted by atomic mass is 10.3. The van der Waals surface area contributed by atoms with Crippen LogP contribution in [0.25, 0.3) is 11.1 Å². The third-order valence-corrected chi connectivity index (χ3v) is 5.15. The highest BCUT2D eigenvalue weighted by Crippen LogP contribution is 2.20. The predicted molar refractivity (Wildman–Crippen MR) is 71.6 cm³/mol. The van der Waals surface area contributed by atoms with Crippen molar-refractivity contribution in [3.8, 4) is 0 Å². The molecule has 0 spiro atoms. The lowest BCUT2D eigenvalue weighted by Gasteiger charge is -2.18. The summed E-state index contributed by atoms with van der Waals surface area (Å²) in [6.45, 7) is 4.36. The molecule has 7 heteroatoms. The Morgan fingerprint density at radius 1 is 1.26 bits per heavy atom. The third kappa shape index (κ3) is 2.19. The highest BCUT2D eigenvalue weighted by molar-refractivity contribution is 7.89. The van der Waals surface area contributed by atoms with Crippen LogP contribution in [0.5, 0.6) is 0 Å². The molecule has 2 aromatic rings. The van der Waals surface area contributed by atoms with Crippen LogP contribution >= 0.6 is 0 Å². The van der Waals surface area contributed by atoms with E-state index < -0.39 is 15.8 Å². The molecule has 1 aromatic carbocycles. The van der Waals surface area contributed by atoms with Gasteiger partial charge in [0.05, 0.1) is 10.4 Å². The highest BCUT2D eigenvalue weighted by Gasteiger charge is 2.22. The Hall–Kier alpha value is -1.60. The van der Waals surface area contributed by atoms with Crippen LogP contribution < -0.4 is 5.76 Å². The average Bonchev–Trinajstić information content (AvgIpc) is 2.66. The van der Waals surface area contributed by atoms with Crippen molar-refractivity contribution in [3.63, 3.8) is 0 Å². The number of sulfonamides is 1. The first-order valence-corrected chi connectivity index (χ1v) is 7.45. The zero-order valence-electron chi connectivity index (χ0n) is 11.1. The number of hydrogen-bond acceptors (Lipinski definition) is 4. The van der Waals surface area contributed by atoms with Gasteiger partial charge in [0, 0.05) is 26.2 Å². The normalized spacial score (nSPS) is 12.4. The molecule has 0 atom stereocenters. The summed E-state index contributed by atoms with van der Waals surface area (Å²) in [4.78, 5) is 11.5. The van der Waals surface area contributed by atoms with Gasteiger partial charge in [0.15, 0.2) is 5.58 Å². The first kappa shape index (κ1) is 13.8. The van der Waals surface area contributed by atoms with E-state index in [9.17, 15) is 13.2 Å². The topological polar surface area (TPSA) is 72.5 Å². The SMILES string of the molecule is CCN(CC)S(=O)(=O)c1ccc2c(c1)oc(=O)n2C. The van der Waals surface area contributed by atoms with Gasteiger partial charge in [-0.25, -0.2) is 13.2 Å². The maximum Gasteiger partial charge on any atom is 0.419 e. The molecule has 0 bridgehead atoms. The monoisotopic (exact) mass is 284 g/mol. The second-order valence-corrected chi connectivity index (χ2v) is 6.08. The zero-order valence-corrected chi connectivity index (χ0v) is 11.9. The Kier molecular flexibility index (Phi) is 3.51. The van der Waals surface area contributed by atoms with Gasteiger partial charge in [-0.05, 0) is 12.1 Å². The van der Waals surface area contributed by atoms with Crippen LogP contribution in [0.1, 0.15) is 13.8 Å². The molecule has 0 N–H and O–H groups in total. The lowest BCUT2D eigenvalue weighted by molar-refractivity contribution is 0.445. The van der Waals surface area contributed by atoms with Crippen molar-refractivity contribution >= 4 is 21.1 Å². The van der Waals surface area contributed by atoms with Crippen molar-refractivity contribution < 1.29 is 12.8 Å². The van der Waals surface area contributed by atoms with Crippen LogP contribution in [0.2, 0.25) is 0 Å². The molecular weight excluding hydrogens is 268 g/mol. The molecule has 0 saturated heterocycles. The van der Waals surface area contributed by atoms with Gasteiger partial charge >= 0.3 is 5.76 Å². The van der Waals surface area contributed by atoms with E-state index in [2.05, 4.69) is 0 Å². The van der Waals surface area contributed by atoms with E-state index in [1.165, 1.54) is 21.0 Å². The van der Waals surface area contributed by atoms with Gasteiger partial charge in [-0.3, -0.25) is 4.57 Å². The quantitative estimate of drug-likeness (QED) is 0.844.